The first-order chi connectivity index (χ1) is 6.07. The molecule has 2 heteroatoms. The molecule has 0 N–H and O–H groups in total. The normalized spacial score (nSPS) is 24.9. The van der Waals surface area contributed by atoms with Crippen molar-refractivity contribution in [2.45, 2.75) is 33.6 Å². The predicted molar refractivity (Wildman–Crippen MR) is 62.5 cm³/mol. The van der Waals surface area contributed by atoms with Crippen molar-refractivity contribution in [1.29, 1.82) is 0 Å². The van der Waals surface area contributed by atoms with Crippen LogP contribution >= 0.6 is 12.6 Å². The minimum absolute atomic E-state index is 0.550. The van der Waals surface area contributed by atoms with E-state index in [2.05, 4.69) is 38.3 Å². The van der Waals surface area contributed by atoms with Gasteiger partial charge in [0, 0.05) is 13.1 Å². The summed E-state index contributed by atoms with van der Waals surface area (Å²) >= 11 is 4.38. The Morgan fingerprint density at radius 2 is 2.15 bits per heavy atom. The lowest BCUT2D eigenvalue weighted by Gasteiger charge is -2.23. The van der Waals surface area contributed by atoms with E-state index in [0.717, 1.165) is 11.7 Å². The van der Waals surface area contributed by atoms with Crippen molar-refractivity contribution < 1.29 is 0 Å². The van der Waals surface area contributed by atoms with Gasteiger partial charge in [0.15, 0.2) is 0 Å². The first kappa shape index (κ1) is 11.4. The van der Waals surface area contributed by atoms with Crippen LogP contribution in [0.3, 0.4) is 0 Å². The summed E-state index contributed by atoms with van der Waals surface area (Å²) in [4.78, 5) is 2.60. The Kier molecular flexibility index (Phi) is 4.11. The first-order valence-corrected chi connectivity index (χ1v) is 6.04. The van der Waals surface area contributed by atoms with Crippen LogP contribution in [0.15, 0.2) is 0 Å². The first-order valence-electron chi connectivity index (χ1n) is 5.40. The minimum Gasteiger partial charge on any atom is -0.302 e. The minimum atomic E-state index is 0.550. The fourth-order valence-corrected chi connectivity index (χ4v) is 2.43. The van der Waals surface area contributed by atoms with Gasteiger partial charge in [-0.25, -0.2) is 0 Å². The third-order valence-electron chi connectivity index (χ3n) is 3.11. The van der Waals surface area contributed by atoms with E-state index in [0.29, 0.717) is 5.41 Å². The molecule has 1 heterocycles. The fraction of sp³-hybridized carbons (Fsp3) is 1.00. The lowest BCUT2D eigenvalue weighted by Crippen LogP contribution is -2.29. The summed E-state index contributed by atoms with van der Waals surface area (Å²) in [6, 6.07) is 0. The van der Waals surface area contributed by atoms with Crippen molar-refractivity contribution in [3.63, 3.8) is 0 Å². The molecule has 1 aliphatic heterocycles. The van der Waals surface area contributed by atoms with Crippen molar-refractivity contribution in [2.75, 3.05) is 25.4 Å². The second-order valence-corrected chi connectivity index (χ2v) is 5.47. The van der Waals surface area contributed by atoms with Crippen LogP contribution in [0.5, 0.6) is 0 Å². The maximum absolute atomic E-state index is 4.38. The fourth-order valence-electron chi connectivity index (χ4n) is 2.06. The lowest BCUT2D eigenvalue weighted by molar-refractivity contribution is 0.256. The Labute approximate surface area is 88.3 Å². The number of nitrogens with zero attached hydrogens (tertiary/aromatic N) is 1. The van der Waals surface area contributed by atoms with Crippen LogP contribution in [0.25, 0.3) is 0 Å². The van der Waals surface area contributed by atoms with Gasteiger partial charge in [-0.2, -0.15) is 12.6 Å². The summed E-state index contributed by atoms with van der Waals surface area (Å²) in [7, 11) is 0. The molecule has 0 saturated carbocycles. The van der Waals surface area contributed by atoms with Gasteiger partial charge in [-0.15, -0.1) is 0 Å². The number of hydrogen-bond acceptors (Lipinski definition) is 2. The van der Waals surface area contributed by atoms with Crippen molar-refractivity contribution in [3.05, 3.63) is 0 Å². The summed E-state index contributed by atoms with van der Waals surface area (Å²) in [5.41, 5.74) is 0.550. The van der Waals surface area contributed by atoms with E-state index in [1.807, 2.05) is 0 Å². The zero-order valence-corrected chi connectivity index (χ0v) is 10.1. The highest BCUT2D eigenvalue weighted by Gasteiger charge is 2.29. The van der Waals surface area contributed by atoms with Crippen LogP contribution in [-0.2, 0) is 0 Å². The summed E-state index contributed by atoms with van der Waals surface area (Å²) in [5.74, 6) is 1.82. The molecule has 0 radical (unpaired) electrons. The molecule has 0 aromatic carbocycles. The van der Waals surface area contributed by atoms with Crippen LogP contribution in [-0.4, -0.2) is 30.3 Å². The number of rotatable bonds is 4. The van der Waals surface area contributed by atoms with Gasteiger partial charge >= 0.3 is 0 Å². The molecule has 1 saturated heterocycles. The van der Waals surface area contributed by atoms with Gasteiger partial charge in [-0.3, -0.25) is 0 Å². The zero-order chi connectivity index (χ0) is 9.90. The highest BCUT2D eigenvalue weighted by Crippen LogP contribution is 2.29. The van der Waals surface area contributed by atoms with Crippen LogP contribution in [0.4, 0.5) is 0 Å². The van der Waals surface area contributed by atoms with Crippen molar-refractivity contribution in [2.24, 2.45) is 11.3 Å². The maximum atomic E-state index is 4.38. The molecular weight excluding hydrogens is 178 g/mol. The second-order valence-electron chi connectivity index (χ2n) is 5.11. The average Bonchev–Trinajstić information content (AvgIpc) is 2.41. The molecule has 1 fully saturated rings. The van der Waals surface area contributed by atoms with E-state index in [9.17, 15) is 0 Å². The molecule has 1 aliphatic rings. The van der Waals surface area contributed by atoms with E-state index < -0.39 is 0 Å². The molecule has 0 bridgehead atoms. The monoisotopic (exact) mass is 201 g/mol. The van der Waals surface area contributed by atoms with Gasteiger partial charge in [0.25, 0.3) is 0 Å². The summed E-state index contributed by atoms with van der Waals surface area (Å²) in [6.07, 6.45) is 2.62. The molecule has 0 aromatic heterocycles. The van der Waals surface area contributed by atoms with Gasteiger partial charge in [0.2, 0.25) is 0 Å². The molecule has 78 valence electrons. The Bertz CT molecular complexity index is 152. The standard InChI is InChI=1S/C11H23NS/c1-4-10(8-13)7-12-6-5-11(2,3)9-12/h10,13H,4-9H2,1-3H3. The summed E-state index contributed by atoms with van der Waals surface area (Å²) in [6.45, 7) is 10.8. The number of hydrogen-bond donors (Lipinski definition) is 1. The van der Waals surface area contributed by atoms with Crippen LogP contribution in [0, 0.1) is 11.3 Å². The SMILES string of the molecule is CCC(CS)CN1CCC(C)(C)C1. The maximum Gasteiger partial charge on any atom is 0.00333 e. The Morgan fingerprint density at radius 1 is 1.46 bits per heavy atom. The molecule has 0 aromatic rings. The highest BCUT2D eigenvalue weighted by molar-refractivity contribution is 7.80. The molecule has 1 nitrogen and oxygen atoms in total. The van der Waals surface area contributed by atoms with Gasteiger partial charge in [0.1, 0.15) is 0 Å². The molecule has 0 amide bonds. The molecular formula is C11H23NS. The molecule has 1 atom stereocenters. The van der Waals surface area contributed by atoms with E-state index in [4.69, 9.17) is 0 Å². The number of thiol groups is 1. The predicted octanol–water partition coefficient (Wildman–Crippen LogP) is 2.67. The van der Waals surface area contributed by atoms with Crippen LogP contribution in [0.2, 0.25) is 0 Å². The van der Waals surface area contributed by atoms with E-state index >= 15 is 0 Å². The van der Waals surface area contributed by atoms with Gasteiger partial charge < -0.3 is 4.90 Å². The Hall–Kier alpha value is 0.310. The molecule has 1 rings (SSSR count). The summed E-state index contributed by atoms with van der Waals surface area (Å²) < 4.78 is 0. The third kappa shape index (κ3) is 3.51. The van der Waals surface area contributed by atoms with E-state index in [-0.39, 0.29) is 0 Å². The van der Waals surface area contributed by atoms with Crippen LogP contribution in [0.1, 0.15) is 33.6 Å². The average molecular weight is 201 g/mol. The smallest absolute Gasteiger partial charge is 0.00333 e. The molecule has 1 unspecified atom stereocenters. The van der Waals surface area contributed by atoms with Crippen molar-refractivity contribution in [3.8, 4) is 0 Å². The Morgan fingerprint density at radius 3 is 2.54 bits per heavy atom. The molecule has 13 heavy (non-hydrogen) atoms. The lowest BCUT2D eigenvalue weighted by atomic mass is 9.93. The molecule has 0 aliphatic carbocycles. The van der Waals surface area contributed by atoms with Crippen LogP contribution < -0.4 is 0 Å². The van der Waals surface area contributed by atoms with Crippen molar-refractivity contribution in [1.82, 2.24) is 4.90 Å². The van der Waals surface area contributed by atoms with Gasteiger partial charge in [0.05, 0.1) is 0 Å². The molecule has 0 spiro atoms. The quantitative estimate of drug-likeness (QED) is 0.684. The van der Waals surface area contributed by atoms with E-state index in [1.165, 1.54) is 32.5 Å². The van der Waals surface area contributed by atoms with Gasteiger partial charge in [-0.05, 0) is 30.1 Å². The van der Waals surface area contributed by atoms with Crippen molar-refractivity contribution >= 4 is 12.6 Å². The number of likely N-dealkylation sites (tertiary alicyclic amines) is 1. The second kappa shape index (κ2) is 4.70. The topological polar surface area (TPSA) is 3.24 Å². The van der Waals surface area contributed by atoms with Gasteiger partial charge in [-0.1, -0.05) is 27.2 Å². The largest absolute Gasteiger partial charge is 0.302 e. The zero-order valence-electron chi connectivity index (χ0n) is 9.21. The Balaban J connectivity index is 2.31. The highest BCUT2D eigenvalue weighted by atomic mass is 32.1. The summed E-state index contributed by atoms with van der Waals surface area (Å²) in [5, 5.41) is 0. The third-order valence-corrected chi connectivity index (χ3v) is 3.62. The van der Waals surface area contributed by atoms with E-state index in [1.54, 1.807) is 0 Å².